The maximum absolute atomic E-state index is 13.0. The standard InChI is InChI=1S/C31H35N3O6/c1-38-26-14-12-24(13-15-26)18-33-22-31(40-29(33)35)17-7-16-30(20-31,23-39-19-25-8-3-2-4-9-25)21-32-27-10-5-6-11-28(27)34(36)37/h2-6,8-15,32H,7,16-23H2,1H3. The summed E-state index contributed by atoms with van der Waals surface area (Å²) in [6.07, 6.45) is 2.77. The molecule has 1 N–H and O–H groups in total. The zero-order valence-corrected chi connectivity index (χ0v) is 22.7. The molecule has 0 radical (unpaired) electrons. The van der Waals surface area contributed by atoms with Crippen molar-refractivity contribution in [2.24, 2.45) is 5.41 Å². The lowest BCUT2D eigenvalue weighted by molar-refractivity contribution is -0.384. The molecule has 9 heteroatoms. The van der Waals surface area contributed by atoms with Crippen molar-refractivity contribution in [3.8, 4) is 5.75 Å². The second kappa shape index (κ2) is 12.0. The minimum absolute atomic E-state index is 0.0336. The molecule has 1 amide bonds. The van der Waals surface area contributed by atoms with Crippen molar-refractivity contribution >= 4 is 17.5 Å². The topological polar surface area (TPSA) is 103 Å². The lowest BCUT2D eigenvalue weighted by atomic mass is 9.67. The fourth-order valence-corrected chi connectivity index (χ4v) is 5.98. The number of hydrogen-bond donors (Lipinski definition) is 1. The van der Waals surface area contributed by atoms with Crippen LogP contribution in [0.1, 0.15) is 36.8 Å². The SMILES string of the molecule is COc1ccc(CN2CC3(CCCC(CNc4ccccc4[N+](=O)[O-])(COCc4ccccc4)C3)OC2=O)cc1. The molecule has 2 aliphatic rings. The zero-order chi connectivity index (χ0) is 28.0. The fourth-order valence-electron chi connectivity index (χ4n) is 5.98. The van der Waals surface area contributed by atoms with Crippen molar-refractivity contribution in [1.82, 2.24) is 4.90 Å². The van der Waals surface area contributed by atoms with E-state index in [1.807, 2.05) is 54.6 Å². The van der Waals surface area contributed by atoms with Gasteiger partial charge >= 0.3 is 6.09 Å². The van der Waals surface area contributed by atoms with Crippen LogP contribution in [-0.2, 0) is 22.6 Å². The molecule has 3 aromatic carbocycles. The number of nitrogens with one attached hydrogen (secondary N) is 1. The Morgan fingerprint density at radius 3 is 2.50 bits per heavy atom. The van der Waals surface area contributed by atoms with Gasteiger partial charge in [0.05, 0.1) is 31.8 Å². The van der Waals surface area contributed by atoms with Gasteiger partial charge in [0, 0.05) is 24.6 Å². The molecule has 1 saturated heterocycles. The molecule has 1 saturated carbocycles. The van der Waals surface area contributed by atoms with Crippen LogP contribution in [0, 0.1) is 15.5 Å². The number of nitro groups is 1. The van der Waals surface area contributed by atoms with E-state index in [1.54, 1.807) is 30.2 Å². The monoisotopic (exact) mass is 545 g/mol. The molecule has 210 valence electrons. The highest BCUT2D eigenvalue weighted by Crippen LogP contribution is 2.47. The first kappa shape index (κ1) is 27.5. The Morgan fingerprint density at radius 1 is 1.00 bits per heavy atom. The van der Waals surface area contributed by atoms with Crippen molar-refractivity contribution in [1.29, 1.82) is 0 Å². The maximum Gasteiger partial charge on any atom is 0.410 e. The Bertz CT molecular complexity index is 1320. The molecule has 1 spiro atoms. The molecule has 9 nitrogen and oxygen atoms in total. The van der Waals surface area contributed by atoms with Gasteiger partial charge in [-0.25, -0.2) is 4.79 Å². The molecule has 0 bridgehead atoms. The van der Waals surface area contributed by atoms with Crippen LogP contribution in [0.4, 0.5) is 16.2 Å². The smallest absolute Gasteiger partial charge is 0.410 e. The number of methoxy groups -OCH3 is 1. The fraction of sp³-hybridized carbons (Fsp3) is 0.387. The number of para-hydroxylation sites is 2. The Labute approximate surface area is 234 Å². The van der Waals surface area contributed by atoms with Gasteiger partial charge in [0.25, 0.3) is 5.69 Å². The first-order chi connectivity index (χ1) is 19.4. The number of anilines is 1. The van der Waals surface area contributed by atoms with E-state index in [1.165, 1.54) is 6.07 Å². The van der Waals surface area contributed by atoms with Crippen molar-refractivity contribution in [3.63, 3.8) is 0 Å². The summed E-state index contributed by atoms with van der Waals surface area (Å²) in [5, 5.41) is 15.0. The van der Waals surface area contributed by atoms with Gasteiger partial charge in [-0.3, -0.25) is 15.0 Å². The quantitative estimate of drug-likeness (QED) is 0.227. The molecule has 2 atom stereocenters. The van der Waals surface area contributed by atoms with E-state index >= 15 is 0 Å². The number of ether oxygens (including phenoxy) is 3. The van der Waals surface area contributed by atoms with Crippen LogP contribution in [0.25, 0.3) is 0 Å². The number of hydrogen-bond acceptors (Lipinski definition) is 7. The maximum atomic E-state index is 13.0. The van der Waals surface area contributed by atoms with E-state index in [0.717, 1.165) is 36.1 Å². The summed E-state index contributed by atoms with van der Waals surface area (Å²) in [5.41, 5.74) is 1.56. The summed E-state index contributed by atoms with van der Waals surface area (Å²) >= 11 is 0. The lowest BCUT2D eigenvalue weighted by Crippen LogP contribution is -2.49. The second-order valence-electron chi connectivity index (χ2n) is 10.9. The largest absolute Gasteiger partial charge is 0.497 e. The van der Waals surface area contributed by atoms with Gasteiger partial charge < -0.3 is 19.5 Å². The number of nitrogens with zero attached hydrogens (tertiary/aromatic N) is 2. The molecule has 40 heavy (non-hydrogen) atoms. The van der Waals surface area contributed by atoms with Crippen LogP contribution in [0.5, 0.6) is 5.75 Å². The van der Waals surface area contributed by atoms with Crippen molar-refractivity contribution < 1.29 is 23.9 Å². The van der Waals surface area contributed by atoms with Gasteiger partial charge in [-0.1, -0.05) is 54.6 Å². The van der Waals surface area contributed by atoms with Gasteiger partial charge in [-0.15, -0.1) is 0 Å². The number of rotatable bonds is 11. The Kier molecular flexibility index (Phi) is 8.21. The van der Waals surface area contributed by atoms with Gasteiger partial charge in [0.2, 0.25) is 0 Å². The molecule has 1 heterocycles. The number of carbonyl (C=O) groups is 1. The first-order valence-corrected chi connectivity index (χ1v) is 13.6. The number of nitro benzene ring substituents is 1. The average molecular weight is 546 g/mol. The van der Waals surface area contributed by atoms with Crippen LogP contribution in [0.2, 0.25) is 0 Å². The van der Waals surface area contributed by atoms with Gasteiger partial charge in [-0.2, -0.15) is 0 Å². The number of carbonyl (C=O) groups excluding carboxylic acids is 1. The van der Waals surface area contributed by atoms with Crippen molar-refractivity contribution in [3.05, 3.63) is 100 Å². The molecule has 1 aliphatic heterocycles. The second-order valence-corrected chi connectivity index (χ2v) is 10.9. The van der Waals surface area contributed by atoms with Gasteiger partial charge in [-0.05, 0) is 55.0 Å². The molecule has 5 rings (SSSR count). The normalized spacial score (nSPS) is 22.2. The summed E-state index contributed by atoms with van der Waals surface area (Å²) in [7, 11) is 1.63. The predicted molar refractivity (Wildman–Crippen MR) is 151 cm³/mol. The van der Waals surface area contributed by atoms with Crippen molar-refractivity contribution in [2.75, 3.05) is 32.1 Å². The molecule has 1 aliphatic carbocycles. The molecule has 3 aromatic rings. The Morgan fingerprint density at radius 2 is 1.75 bits per heavy atom. The number of benzene rings is 3. The van der Waals surface area contributed by atoms with Crippen LogP contribution in [0.15, 0.2) is 78.9 Å². The van der Waals surface area contributed by atoms with E-state index in [-0.39, 0.29) is 22.1 Å². The minimum atomic E-state index is -0.637. The molecule has 2 unspecified atom stereocenters. The third-order valence-electron chi connectivity index (χ3n) is 7.88. The predicted octanol–water partition coefficient (Wildman–Crippen LogP) is 6.18. The third kappa shape index (κ3) is 6.37. The highest BCUT2D eigenvalue weighted by molar-refractivity contribution is 5.71. The average Bonchev–Trinajstić information content (AvgIpc) is 3.26. The van der Waals surface area contributed by atoms with E-state index < -0.39 is 5.60 Å². The lowest BCUT2D eigenvalue weighted by Gasteiger charge is -2.45. The van der Waals surface area contributed by atoms with Crippen molar-refractivity contribution in [2.45, 2.75) is 44.4 Å². The van der Waals surface area contributed by atoms with Crippen LogP contribution in [0.3, 0.4) is 0 Å². The van der Waals surface area contributed by atoms with Crippen LogP contribution < -0.4 is 10.1 Å². The summed E-state index contributed by atoms with van der Waals surface area (Å²) in [5.74, 6) is 0.767. The highest BCUT2D eigenvalue weighted by atomic mass is 16.6. The van der Waals surface area contributed by atoms with Crippen LogP contribution >= 0.6 is 0 Å². The van der Waals surface area contributed by atoms with E-state index in [9.17, 15) is 14.9 Å². The van der Waals surface area contributed by atoms with E-state index in [4.69, 9.17) is 14.2 Å². The third-order valence-corrected chi connectivity index (χ3v) is 7.88. The summed E-state index contributed by atoms with van der Waals surface area (Å²) in [4.78, 5) is 26.0. The molecule has 0 aromatic heterocycles. The summed E-state index contributed by atoms with van der Waals surface area (Å²) in [6, 6.07) is 24.3. The first-order valence-electron chi connectivity index (χ1n) is 13.6. The molecule has 2 fully saturated rings. The summed E-state index contributed by atoms with van der Waals surface area (Å²) < 4.78 is 17.6. The number of amides is 1. The molecular weight excluding hydrogens is 510 g/mol. The van der Waals surface area contributed by atoms with Gasteiger partial charge in [0.15, 0.2) is 0 Å². The van der Waals surface area contributed by atoms with E-state index in [0.29, 0.717) is 45.0 Å². The Hall–Kier alpha value is -4.11. The Balaban J connectivity index is 1.33. The van der Waals surface area contributed by atoms with E-state index in [2.05, 4.69) is 5.32 Å². The summed E-state index contributed by atoms with van der Waals surface area (Å²) in [6.45, 7) is 2.31. The zero-order valence-electron chi connectivity index (χ0n) is 22.7. The molecular formula is C31H35N3O6. The highest BCUT2D eigenvalue weighted by Gasteiger charge is 2.52. The minimum Gasteiger partial charge on any atom is -0.497 e. The van der Waals surface area contributed by atoms with Crippen LogP contribution in [-0.4, -0.2) is 48.3 Å². The van der Waals surface area contributed by atoms with Gasteiger partial charge in [0.1, 0.15) is 17.0 Å².